The lowest BCUT2D eigenvalue weighted by Gasteiger charge is -2.28. The number of hydrogen-bond donors (Lipinski definition) is 1. The molecule has 1 aromatic heterocycles. The number of fused-ring (bicyclic) bond motifs is 1. The first-order valence-corrected chi connectivity index (χ1v) is 9.00. The fourth-order valence-corrected chi connectivity index (χ4v) is 3.98. The molecule has 136 valence electrons. The Balaban J connectivity index is 1.69. The van der Waals surface area contributed by atoms with Crippen molar-refractivity contribution in [3.8, 4) is 0 Å². The molecule has 2 aromatic carbocycles. The van der Waals surface area contributed by atoms with E-state index in [0.717, 1.165) is 47.8 Å². The van der Waals surface area contributed by atoms with Crippen LogP contribution in [-0.2, 0) is 10.2 Å². The van der Waals surface area contributed by atoms with Crippen molar-refractivity contribution in [2.45, 2.75) is 31.1 Å². The van der Waals surface area contributed by atoms with Gasteiger partial charge in [0, 0.05) is 23.7 Å². The topological polar surface area (TPSA) is 85.1 Å². The summed E-state index contributed by atoms with van der Waals surface area (Å²) in [7, 11) is 0. The Bertz CT molecular complexity index is 1000. The van der Waals surface area contributed by atoms with Gasteiger partial charge in [0.1, 0.15) is 0 Å². The molecule has 0 aliphatic heterocycles. The Morgan fingerprint density at radius 1 is 1.04 bits per heavy atom. The molecule has 1 aliphatic carbocycles. The van der Waals surface area contributed by atoms with E-state index in [-0.39, 0.29) is 11.6 Å². The van der Waals surface area contributed by atoms with Crippen LogP contribution in [0.1, 0.15) is 31.2 Å². The van der Waals surface area contributed by atoms with E-state index in [9.17, 15) is 14.9 Å². The Kier molecular flexibility index (Phi) is 4.32. The number of aromatic nitrogens is 1. The van der Waals surface area contributed by atoms with Crippen molar-refractivity contribution in [2.75, 3.05) is 5.32 Å². The summed E-state index contributed by atoms with van der Waals surface area (Å²) in [5.74, 6) is -0.0646. The highest BCUT2D eigenvalue weighted by Crippen LogP contribution is 2.42. The van der Waals surface area contributed by atoms with Gasteiger partial charge >= 0.3 is 0 Å². The number of nitrogens with zero attached hydrogens (tertiary/aromatic N) is 2. The summed E-state index contributed by atoms with van der Waals surface area (Å²) in [6.07, 6.45) is 5.12. The van der Waals surface area contributed by atoms with Crippen molar-refractivity contribution in [1.82, 2.24) is 4.98 Å². The van der Waals surface area contributed by atoms with E-state index in [2.05, 4.69) is 10.3 Å². The van der Waals surface area contributed by atoms with Crippen LogP contribution in [0.5, 0.6) is 0 Å². The second kappa shape index (κ2) is 6.79. The Labute approximate surface area is 156 Å². The quantitative estimate of drug-likeness (QED) is 0.544. The van der Waals surface area contributed by atoms with E-state index in [0.29, 0.717) is 0 Å². The Morgan fingerprint density at radius 2 is 1.78 bits per heavy atom. The predicted molar refractivity (Wildman–Crippen MR) is 104 cm³/mol. The monoisotopic (exact) mass is 361 g/mol. The van der Waals surface area contributed by atoms with E-state index in [1.807, 2.05) is 30.3 Å². The second-order valence-electron chi connectivity index (χ2n) is 6.92. The zero-order valence-electron chi connectivity index (χ0n) is 14.7. The minimum atomic E-state index is -0.653. The van der Waals surface area contributed by atoms with Crippen molar-refractivity contribution in [1.29, 1.82) is 0 Å². The molecule has 1 aliphatic rings. The first-order valence-electron chi connectivity index (χ1n) is 9.00. The van der Waals surface area contributed by atoms with Gasteiger partial charge in [0.05, 0.1) is 21.5 Å². The van der Waals surface area contributed by atoms with Gasteiger partial charge in [-0.3, -0.25) is 19.9 Å². The number of nitro benzene ring substituents is 1. The molecular formula is C21H19N3O3. The third-order valence-electron chi connectivity index (χ3n) is 5.42. The molecule has 1 fully saturated rings. The SMILES string of the molecule is O=C(Nc1cccc2ncccc12)C1(c2ccc([N+](=O)[O-])cc2)CCCC1. The maximum absolute atomic E-state index is 13.3. The first-order chi connectivity index (χ1) is 13.1. The number of pyridine rings is 1. The van der Waals surface area contributed by atoms with Crippen LogP contribution in [-0.4, -0.2) is 15.8 Å². The maximum Gasteiger partial charge on any atom is 0.269 e. The summed E-state index contributed by atoms with van der Waals surface area (Å²) in [5, 5.41) is 14.9. The summed E-state index contributed by atoms with van der Waals surface area (Å²) in [6, 6.07) is 15.8. The minimum absolute atomic E-state index is 0.0347. The third-order valence-corrected chi connectivity index (χ3v) is 5.42. The van der Waals surface area contributed by atoms with Gasteiger partial charge in [0.25, 0.3) is 5.69 Å². The largest absolute Gasteiger partial charge is 0.325 e. The van der Waals surface area contributed by atoms with E-state index < -0.39 is 10.3 Å². The van der Waals surface area contributed by atoms with Crippen LogP contribution in [0.2, 0.25) is 0 Å². The van der Waals surface area contributed by atoms with Crippen molar-refractivity contribution in [3.05, 3.63) is 76.5 Å². The number of carbonyl (C=O) groups excluding carboxylic acids is 1. The average molecular weight is 361 g/mol. The van der Waals surface area contributed by atoms with Crippen molar-refractivity contribution < 1.29 is 9.72 Å². The second-order valence-corrected chi connectivity index (χ2v) is 6.92. The summed E-state index contributed by atoms with van der Waals surface area (Å²) in [5.41, 5.74) is 1.78. The van der Waals surface area contributed by atoms with Crippen LogP contribution in [0.15, 0.2) is 60.8 Å². The molecule has 1 amide bonds. The van der Waals surface area contributed by atoms with Gasteiger partial charge in [-0.1, -0.05) is 31.0 Å². The lowest BCUT2D eigenvalue weighted by molar-refractivity contribution is -0.384. The van der Waals surface area contributed by atoms with Crippen LogP contribution in [0, 0.1) is 10.1 Å². The van der Waals surface area contributed by atoms with Crippen molar-refractivity contribution in [2.24, 2.45) is 0 Å². The number of benzene rings is 2. The maximum atomic E-state index is 13.3. The van der Waals surface area contributed by atoms with Gasteiger partial charge in [0.2, 0.25) is 5.91 Å². The molecule has 6 heteroatoms. The standard InChI is InChI=1S/C21H19N3O3/c25-20(23-19-7-3-6-18-17(19)5-4-14-22-18)21(12-1-2-13-21)15-8-10-16(11-9-15)24(26)27/h3-11,14H,1-2,12-13H2,(H,23,25). The molecule has 1 saturated carbocycles. The number of hydrogen-bond acceptors (Lipinski definition) is 4. The van der Waals surface area contributed by atoms with Gasteiger partial charge in [-0.15, -0.1) is 0 Å². The number of carbonyl (C=O) groups is 1. The van der Waals surface area contributed by atoms with E-state index in [4.69, 9.17) is 0 Å². The highest BCUT2D eigenvalue weighted by Gasteiger charge is 2.43. The van der Waals surface area contributed by atoms with Crippen LogP contribution in [0.25, 0.3) is 10.9 Å². The fraction of sp³-hybridized carbons (Fsp3) is 0.238. The van der Waals surface area contributed by atoms with Gasteiger partial charge < -0.3 is 5.32 Å². The molecule has 0 bridgehead atoms. The van der Waals surface area contributed by atoms with Gasteiger partial charge in [-0.05, 0) is 42.7 Å². The molecule has 0 unspecified atom stereocenters. The average Bonchev–Trinajstić information content (AvgIpc) is 3.19. The number of nitro groups is 1. The van der Waals surface area contributed by atoms with Crippen LogP contribution < -0.4 is 5.32 Å². The molecule has 0 radical (unpaired) electrons. The predicted octanol–water partition coefficient (Wildman–Crippen LogP) is 4.59. The minimum Gasteiger partial charge on any atom is -0.325 e. The van der Waals surface area contributed by atoms with Crippen molar-refractivity contribution in [3.63, 3.8) is 0 Å². The molecule has 1 N–H and O–H groups in total. The Morgan fingerprint density at radius 3 is 2.48 bits per heavy atom. The number of amides is 1. The van der Waals surface area contributed by atoms with E-state index in [1.165, 1.54) is 12.1 Å². The third kappa shape index (κ3) is 3.03. The summed E-state index contributed by atoms with van der Waals surface area (Å²) in [4.78, 5) is 28.2. The lowest BCUT2D eigenvalue weighted by atomic mass is 9.78. The fourth-order valence-electron chi connectivity index (χ4n) is 3.98. The van der Waals surface area contributed by atoms with Gasteiger partial charge in [0.15, 0.2) is 0 Å². The number of non-ortho nitro benzene ring substituents is 1. The highest BCUT2D eigenvalue weighted by atomic mass is 16.6. The molecule has 1 heterocycles. The number of anilines is 1. The summed E-state index contributed by atoms with van der Waals surface area (Å²) in [6.45, 7) is 0. The first kappa shape index (κ1) is 17.1. The summed E-state index contributed by atoms with van der Waals surface area (Å²) < 4.78 is 0. The molecule has 27 heavy (non-hydrogen) atoms. The van der Waals surface area contributed by atoms with Crippen LogP contribution in [0.4, 0.5) is 11.4 Å². The van der Waals surface area contributed by atoms with Crippen molar-refractivity contribution >= 4 is 28.2 Å². The van der Waals surface area contributed by atoms with Gasteiger partial charge in [-0.25, -0.2) is 0 Å². The molecule has 4 rings (SSSR count). The molecule has 3 aromatic rings. The lowest BCUT2D eigenvalue weighted by Crippen LogP contribution is -2.38. The van der Waals surface area contributed by atoms with Gasteiger partial charge in [-0.2, -0.15) is 0 Å². The Hall–Kier alpha value is -3.28. The molecule has 0 saturated heterocycles. The van der Waals surface area contributed by atoms with E-state index >= 15 is 0 Å². The normalized spacial score (nSPS) is 15.6. The summed E-state index contributed by atoms with van der Waals surface area (Å²) >= 11 is 0. The van der Waals surface area contributed by atoms with E-state index in [1.54, 1.807) is 18.3 Å². The zero-order chi connectivity index (χ0) is 18.9. The molecule has 6 nitrogen and oxygen atoms in total. The number of rotatable bonds is 4. The molecule has 0 atom stereocenters. The number of nitrogens with one attached hydrogen (secondary N) is 1. The smallest absolute Gasteiger partial charge is 0.269 e. The van der Waals surface area contributed by atoms with Crippen LogP contribution >= 0.6 is 0 Å². The zero-order valence-corrected chi connectivity index (χ0v) is 14.7. The molecular weight excluding hydrogens is 342 g/mol. The van der Waals surface area contributed by atoms with Crippen LogP contribution in [0.3, 0.4) is 0 Å². The highest BCUT2D eigenvalue weighted by molar-refractivity contribution is 6.05. The molecule has 0 spiro atoms.